The molecule has 1 aliphatic carbocycles. The molecule has 1 saturated carbocycles. The fourth-order valence-electron chi connectivity index (χ4n) is 2.08. The molecule has 1 fully saturated rings. The molecule has 0 bridgehead atoms. The summed E-state index contributed by atoms with van der Waals surface area (Å²) in [5.74, 6) is -2.30. The summed E-state index contributed by atoms with van der Waals surface area (Å²) in [6, 6.07) is 3.25. The van der Waals surface area contributed by atoms with Gasteiger partial charge in [0.05, 0.1) is 5.92 Å². The lowest BCUT2D eigenvalue weighted by molar-refractivity contribution is -0.141. The van der Waals surface area contributed by atoms with Gasteiger partial charge in [-0.1, -0.05) is 6.42 Å². The van der Waals surface area contributed by atoms with Crippen LogP contribution in [0.1, 0.15) is 19.3 Å². The van der Waals surface area contributed by atoms with Crippen molar-refractivity contribution in [2.45, 2.75) is 29.4 Å². The molecule has 2 rings (SSSR count). The van der Waals surface area contributed by atoms with Gasteiger partial charge in [0.15, 0.2) is 0 Å². The Morgan fingerprint density at radius 1 is 1.35 bits per heavy atom. The predicted molar refractivity (Wildman–Crippen MR) is 61.0 cm³/mol. The highest BCUT2D eigenvalue weighted by Gasteiger charge is 2.34. The molecule has 0 radical (unpaired) electrons. The van der Waals surface area contributed by atoms with Crippen molar-refractivity contribution in [2.24, 2.45) is 5.92 Å². The van der Waals surface area contributed by atoms with E-state index in [-0.39, 0.29) is 10.1 Å². The van der Waals surface area contributed by atoms with Crippen molar-refractivity contribution in [3.05, 3.63) is 29.8 Å². The number of halogens is 2. The van der Waals surface area contributed by atoms with E-state index in [1.54, 1.807) is 0 Å². The summed E-state index contributed by atoms with van der Waals surface area (Å²) in [5, 5.41) is 8.84. The first-order chi connectivity index (χ1) is 8.08. The largest absolute Gasteiger partial charge is 0.481 e. The van der Waals surface area contributed by atoms with Gasteiger partial charge in [-0.2, -0.15) is 0 Å². The van der Waals surface area contributed by atoms with Crippen LogP contribution in [0.5, 0.6) is 0 Å². The highest BCUT2D eigenvalue weighted by atomic mass is 32.2. The Balaban J connectivity index is 2.15. The Morgan fingerprint density at radius 3 is 2.82 bits per heavy atom. The van der Waals surface area contributed by atoms with E-state index >= 15 is 0 Å². The summed E-state index contributed by atoms with van der Waals surface area (Å²) >= 11 is 1.13. The number of hydrogen-bond donors (Lipinski definition) is 1. The van der Waals surface area contributed by atoms with E-state index in [2.05, 4.69) is 0 Å². The third kappa shape index (κ3) is 2.77. The van der Waals surface area contributed by atoms with Crippen LogP contribution in [0.25, 0.3) is 0 Å². The number of benzene rings is 1. The molecule has 17 heavy (non-hydrogen) atoms. The molecule has 0 amide bonds. The standard InChI is InChI=1S/C12H12F2O2S/c13-7-4-5-9(14)11(6-7)17-10-3-1-2-8(10)12(15)16/h4-6,8,10H,1-3H2,(H,15,16). The Kier molecular flexibility index (Phi) is 3.66. The van der Waals surface area contributed by atoms with Crippen LogP contribution in [0.2, 0.25) is 0 Å². The summed E-state index contributed by atoms with van der Waals surface area (Å²) in [5.41, 5.74) is 0. The second-order valence-corrected chi connectivity index (χ2v) is 5.39. The Labute approximate surface area is 102 Å². The van der Waals surface area contributed by atoms with Crippen LogP contribution < -0.4 is 0 Å². The third-order valence-corrected chi connectivity index (χ3v) is 4.38. The predicted octanol–water partition coefficient (Wildman–Crippen LogP) is 3.31. The average molecular weight is 258 g/mol. The van der Waals surface area contributed by atoms with Gasteiger partial charge in [0.2, 0.25) is 0 Å². The van der Waals surface area contributed by atoms with E-state index in [4.69, 9.17) is 5.11 Å². The molecule has 2 nitrogen and oxygen atoms in total. The van der Waals surface area contributed by atoms with E-state index < -0.39 is 23.5 Å². The molecule has 2 atom stereocenters. The minimum atomic E-state index is -0.850. The first-order valence-electron chi connectivity index (χ1n) is 5.42. The molecule has 1 aromatic rings. The van der Waals surface area contributed by atoms with Gasteiger partial charge in [0.25, 0.3) is 0 Å². The SMILES string of the molecule is O=C(O)C1CCCC1Sc1cc(F)ccc1F. The fraction of sp³-hybridized carbons (Fsp3) is 0.417. The number of carbonyl (C=O) groups is 1. The summed E-state index contributed by atoms with van der Waals surface area (Å²) in [7, 11) is 0. The van der Waals surface area contributed by atoms with E-state index in [9.17, 15) is 13.6 Å². The molecule has 1 aromatic carbocycles. The Morgan fingerprint density at radius 2 is 2.12 bits per heavy atom. The molecule has 0 heterocycles. The highest BCUT2D eigenvalue weighted by Crippen LogP contribution is 2.40. The fourth-order valence-corrected chi connectivity index (χ4v) is 3.47. The van der Waals surface area contributed by atoms with Crippen molar-refractivity contribution in [3.63, 3.8) is 0 Å². The minimum absolute atomic E-state index is 0.163. The van der Waals surface area contributed by atoms with Gasteiger partial charge in [-0.25, -0.2) is 8.78 Å². The topological polar surface area (TPSA) is 37.3 Å². The lowest BCUT2D eigenvalue weighted by Gasteiger charge is -2.15. The first kappa shape index (κ1) is 12.4. The number of hydrogen-bond acceptors (Lipinski definition) is 2. The Bertz CT molecular complexity index is 437. The normalized spacial score (nSPS) is 23.9. The summed E-state index contributed by atoms with van der Waals surface area (Å²) < 4.78 is 26.4. The van der Waals surface area contributed by atoms with Crippen molar-refractivity contribution < 1.29 is 18.7 Å². The minimum Gasteiger partial charge on any atom is -0.481 e. The van der Waals surface area contributed by atoms with Crippen LogP contribution in [0.15, 0.2) is 23.1 Å². The van der Waals surface area contributed by atoms with Gasteiger partial charge in [0.1, 0.15) is 11.6 Å². The number of thioether (sulfide) groups is 1. The van der Waals surface area contributed by atoms with E-state index in [1.165, 1.54) is 0 Å². The number of carboxylic acid groups (broad SMARTS) is 1. The Hall–Kier alpha value is -1.10. The molecule has 0 aromatic heterocycles. The zero-order chi connectivity index (χ0) is 12.4. The molecule has 92 valence electrons. The second kappa shape index (κ2) is 5.04. The molecule has 0 spiro atoms. The molecule has 0 saturated heterocycles. The van der Waals surface area contributed by atoms with Crippen LogP contribution in [0.3, 0.4) is 0 Å². The van der Waals surface area contributed by atoms with Crippen molar-refractivity contribution in [1.29, 1.82) is 0 Å². The average Bonchev–Trinajstić information content (AvgIpc) is 2.71. The van der Waals surface area contributed by atoms with Crippen molar-refractivity contribution in [1.82, 2.24) is 0 Å². The van der Waals surface area contributed by atoms with Crippen molar-refractivity contribution in [2.75, 3.05) is 0 Å². The third-order valence-electron chi connectivity index (χ3n) is 2.94. The van der Waals surface area contributed by atoms with Crippen LogP contribution >= 0.6 is 11.8 Å². The molecule has 1 aliphatic rings. The second-order valence-electron chi connectivity index (χ2n) is 4.11. The smallest absolute Gasteiger partial charge is 0.307 e. The van der Waals surface area contributed by atoms with E-state index in [1.807, 2.05) is 0 Å². The van der Waals surface area contributed by atoms with E-state index in [0.717, 1.165) is 42.8 Å². The van der Waals surface area contributed by atoms with Crippen molar-refractivity contribution in [3.8, 4) is 0 Å². The zero-order valence-corrected chi connectivity index (χ0v) is 9.84. The lowest BCUT2D eigenvalue weighted by atomic mass is 10.1. The quantitative estimate of drug-likeness (QED) is 0.903. The van der Waals surface area contributed by atoms with E-state index in [0.29, 0.717) is 6.42 Å². The summed E-state index contributed by atoms with van der Waals surface area (Å²) in [6.45, 7) is 0. The van der Waals surface area contributed by atoms with Crippen molar-refractivity contribution >= 4 is 17.7 Å². The molecule has 2 unspecified atom stereocenters. The maximum absolute atomic E-state index is 13.4. The van der Waals surface area contributed by atoms with Gasteiger partial charge in [-0.05, 0) is 31.0 Å². The van der Waals surface area contributed by atoms with Gasteiger partial charge < -0.3 is 5.11 Å². The molecule has 0 aliphatic heterocycles. The first-order valence-corrected chi connectivity index (χ1v) is 6.30. The zero-order valence-electron chi connectivity index (χ0n) is 9.03. The number of aliphatic carboxylic acids is 1. The van der Waals surface area contributed by atoms with Gasteiger partial charge in [-0.15, -0.1) is 11.8 Å². The molecule has 5 heteroatoms. The summed E-state index contributed by atoms with van der Waals surface area (Å²) in [4.78, 5) is 11.2. The monoisotopic (exact) mass is 258 g/mol. The summed E-state index contributed by atoms with van der Waals surface area (Å²) in [6.07, 6.45) is 2.17. The molecular weight excluding hydrogens is 246 g/mol. The van der Waals surface area contributed by atoms with Crippen LogP contribution in [0.4, 0.5) is 8.78 Å². The highest BCUT2D eigenvalue weighted by molar-refractivity contribution is 8.00. The molecule has 1 N–H and O–H groups in total. The number of carboxylic acids is 1. The molecular formula is C12H12F2O2S. The maximum atomic E-state index is 13.4. The number of rotatable bonds is 3. The lowest BCUT2D eigenvalue weighted by Crippen LogP contribution is -2.20. The van der Waals surface area contributed by atoms with Crippen LogP contribution in [-0.4, -0.2) is 16.3 Å². The van der Waals surface area contributed by atoms with Crippen LogP contribution in [0, 0.1) is 17.6 Å². The van der Waals surface area contributed by atoms with Gasteiger partial charge >= 0.3 is 5.97 Å². The van der Waals surface area contributed by atoms with Gasteiger partial charge in [0, 0.05) is 10.1 Å². The maximum Gasteiger partial charge on any atom is 0.307 e. The van der Waals surface area contributed by atoms with Gasteiger partial charge in [-0.3, -0.25) is 4.79 Å². The van der Waals surface area contributed by atoms with Crippen LogP contribution in [-0.2, 0) is 4.79 Å².